The van der Waals surface area contributed by atoms with Gasteiger partial charge in [0.25, 0.3) is 5.56 Å². The van der Waals surface area contributed by atoms with Crippen LogP contribution < -0.4 is 15.9 Å². The van der Waals surface area contributed by atoms with Crippen LogP contribution in [-0.4, -0.2) is 39.8 Å². The number of nitrogens with zero attached hydrogens (tertiary/aromatic N) is 3. The molecule has 1 aliphatic heterocycles. The molecule has 0 radical (unpaired) electrons. The Morgan fingerprint density at radius 2 is 2.08 bits per heavy atom. The van der Waals surface area contributed by atoms with Gasteiger partial charge in [0.1, 0.15) is 24.2 Å². The number of carbonyl (C=O) groups is 1. The molecule has 2 aromatic rings. The van der Waals surface area contributed by atoms with E-state index in [4.69, 9.17) is 9.15 Å². The predicted molar refractivity (Wildman–Crippen MR) is 88.4 cm³/mol. The van der Waals surface area contributed by atoms with Crippen LogP contribution in [0.1, 0.15) is 18.6 Å². The molecule has 1 amide bonds. The lowest BCUT2D eigenvalue weighted by atomic mass is 10.1. The zero-order valence-corrected chi connectivity index (χ0v) is 13.9. The molecule has 3 rings (SSSR count). The van der Waals surface area contributed by atoms with Crippen molar-refractivity contribution in [1.29, 1.82) is 0 Å². The molecule has 2 aromatic heterocycles. The minimum Gasteiger partial charge on any atom is -0.490 e. The molecule has 0 aliphatic carbocycles. The van der Waals surface area contributed by atoms with Gasteiger partial charge in [-0.25, -0.2) is 9.48 Å². The lowest BCUT2D eigenvalue weighted by molar-refractivity contribution is -0.133. The maximum atomic E-state index is 12.3. The second kappa shape index (κ2) is 7.33. The summed E-state index contributed by atoms with van der Waals surface area (Å²) in [5.74, 6) is 0.838. The van der Waals surface area contributed by atoms with E-state index in [1.54, 1.807) is 17.9 Å². The van der Waals surface area contributed by atoms with Gasteiger partial charge in [0.05, 0.1) is 6.07 Å². The van der Waals surface area contributed by atoms with E-state index >= 15 is 0 Å². The fourth-order valence-electron chi connectivity index (χ4n) is 2.79. The van der Waals surface area contributed by atoms with Crippen molar-refractivity contribution in [3.63, 3.8) is 0 Å². The summed E-state index contributed by atoms with van der Waals surface area (Å²) in [4.78, 5) is 37.0. The monoisotopic (exact) mass is 345 g/mol. The number of piperidine rings is 1. The molecule has 1 saturated heterocycles. The van der Waals surface area contributed by atoms with Crippen LogP contribution >= 0.6 is 0 Å². The van der Waals surface area contributed by atoms with E-state index in [1.165, 1.54) is 24.4 Å². The van der Waals surface area contributed by atoms with Gasteiger partial charge in [-0.15, -0.1) is 0 Å². The molecule has 0 aromatic carbocycles. The summed E-state index contributed by atoms with van der Waals surface area (Å²) in [6.45, 7) is 2.69. The number of ether oxygens (including phenoxy) is 1. The maximum absolute atomic E-state index is 12.3. The van der Waals surface area contributed by atoms with Crippen LogP contribution in [0.2, 0.25) is 0 Å². The van der Waals surface area contributed by atoms with Gasteiger partial charge in [-0.05, 0) is 13.0 Å². The number of amides is 1. The fourth-order valence-corrected chi connectivity index (χ4v) is 2.79. The third-order valence-electron chi connectivity index (χ3n) is 4.03. The van der Waals surface area contributed by atoms with Crippen LogP contribution in [0.3, 0.4) is 0 Å². The first-order chi connectivity index (χ1) is 12.0. The van der Waals surface area contributed by atoms with Crippen molar-refractivity contribution < 1.29 is 13.9 Å². The van der Waals surface area contributed by atoms with Crippen molar-refractivity contribution in [2.75, 3.05) is 13.1 Å². The molecule has 0 atom stereocenters. The quantitative estimate of drug-likeness (QED) is 0.804. The molecule has 1 aliphatic rings. The fraction of sp³-hybridized carbons (Fsp3) is 0.412. The normalized spacial score (nSPS) is 15.2. The van der Waals surface area contributed by atoms with Crippen molar-refractivity contribution in [3.05, 3.63) is 57.0 Å². The Balaban J connectivity index is 1.54. The van der Waals surface area contributed by atoms with Crippen LogP contribution in [0.4, 0.5) is 0 Å². The number of aromatic nitrogens is 2. The predicted octanol–water partition coefficient (Wildman–Crippen LogP) is 0.575. The Morgan fingerprint density at radius 1 is 1.32 bits per heavy atom. The number of carbonyl (C=O) groups excluding carboxylic acids is 1. The Labute approximate surface area is 143 Å². The first-order valence-corrected chi connectivity index (χ1v) is 8.09. The Hall–Kier alpha value is -2.90. The summed E-state index contributed by atoms with van der Waals surface area (Å²) >= 11 is 0. The highest BCUT2D eigenvalue weighted by Gasteiger charge is 2.24. The van der Waals surface area contributed by atoms with Crippen molar-refractivity contribution in [2.24, 2.45) is 0 Å². The Bertz CT molecular complexity index is 865. The van der Waals surface area contributed by atoms with E-state index in [-0.39, 0.29) is 24.1 Å². The first-order valence-electron chi connectivity index (χ1n) is 8.09. The lowest BCUT2D eigenvalue weighted by Gasteiger charge is -2.32. The van der Waals surface area contributed by atoms with Crippen LogP contribution in [0, 0.1) is 6.92 Å². The van der Waals surface area contributed by atoms with Gasteiger partial charge in [-0.3, -0.25) is 9.59 Å². The van der Waals surface area contributed by atoms with E-state index in [0.717, 1.165) is 4.68 Å². The molecule has 0 N–H and O–H groups in total. The number of aryl methyl sites for hydroxylation is 1. The molecule has 3 heterocycles. The summed E-state index contributed by atoms with van der Waals surface area (Å²) in [6, 6.07) is 5.90. The Morgan fingerprint density at radius 3 is 2.76 bits per heavy atom. The molecule has 8 nitrogen and oxygen atoms in total. The van der Waals surface area contributed by atoms with Crippen LogP contribution in [-0.2, 0) is 11.3 Å². The van der Waals surface area contributed by atoms with E-state index in [9.17, 15) is 14.4 Å². The molecular formula is C17H19N3O5. The van der Waals surface area contributed by atoms with Crippen molar-refractivity contribution >= 4 is 5.91 Å². The molecule has 1 fully saturated rings. The molecular weight excluding hydrogens is 326 g/mol. The minimum atomic E-state index is -0.441. The zero-order valence-electron chi connectivity index (χ0n) is 13.9. The largest absolute Gasteiger partial charge is 0.490 e. The average molecular weight is 345 g/mol. The van der Waals surface area contributed by atoms with Crippen LogP contribution in [0.15, 0.2) is 44.5 Å². The van der Waals surface area contributed by atoms with E-state index in [1.807, 2.05) is 0 Å². The van der Waals surface area contributed by atoms with Crippen LogP contribution in [0.5, 0.6) is 5.75 Å². The number of rotatable bonds is 4. The van der Waals surface area contributed by atoms with E-state index in [2.05, 4.69) is 5.10 Å². The molecule has 8 heteroatoms. The van der Waals surface area contributed by atoms with Gasteiger partial charge >= 0.3 is 5.63 Å². The van der Waals surface area contributed by atoms with Gasteiger partial charge in [0.15, 0.2) is 0 Å². The van der Waals surface area contributed by atoms with Gasteiger partial charge in [0.2, 0.25) is 5.91 Å². The molecule has 132 valence electrons. The van der Waals surface area contributed by atoms with Crippen molar-refractivity contribution in [1.82, 2.24) is 14.7 Å². The summed E-state index contributed by atoms with van der Waals surface area (Å²) in [6.07, 6.45) is 2.72. The van der Waals surface area contributed by atoms with Gasteiger partial charge in [-0.1, -0.05) is 0 Å². The number of hydrogen-bond donors (Lipinski definition) is 0. The minimum absolute atomic E-state index is 0.0654. The Kier molecular flexibility index (Phi) is 4.97. The summed E-state index contributed by atoms with van der Waals surface area (Å²) in [7, 11) is 0. The van der Waals surface area contributed by atoms with E-state index in [0.29, 0.717) is 37.4 Å². The molecule has 0 spiro atoms. The summed E-state index contributed by atoms with van der Waals surface area (Å²) < 4.78 is 11.9. The first kappa shape index (κ1) is 16.9. The van der Waals surface area contributed by atoms with Gasteiger partial charge in [0, 0.05) is 44.3 Å². The second-order valence-corrected chi connectivity index (χ2v) is 5.94. The molecule has 0 bridgehead atoms. The average Bonchev–Trinajstić information content (AvgIpc) is 2.56. The SMILES string of the molecule is Cc1cc(OC2CCN(C(=O)Cn3ncccc3=O)CC2)cc(=O)o1. The number of hydrogen-bond acceptors (Lipinski definition) is 6. The molecule has 0 saturated carbocycles. The van der Waals surface area contributed by atoms with E-state index < -0.39 is 5.63 Å². The highest BCUT2D eigenvalue weighted by atomic mass is 16.5. The second-order valence-electron chi connectivity index (χ2n) is 5.94. The van der Waals surface area contributed by atoms with Crippen molar-refractivity contribution in [2.45, 2.75) is 32.4 Å². The topological polar surface area (TPSA) is 94.6 Å². The summed E-state index contributed by atoms with van der Waals surface area (Å²) in [5.41, 5.74) is -0.740. The maximum Gasteiger partial charge on any atom is 0.339 e. The molecule has 25 heavy (non-hydrogen) atoms. The highest BCUT2D eigenvalue weighted by Crippen LogP contribution is 2.19. The third kappa shape index (κ3) is 4.34. The van der Waals surface area contributed by atoms with Crippen LogP contribution in [0.25, 0.3) is 0 Å². The van der Waals surface area contributed by atoms with Crippen molar-refractivity contribution in [3.8, 4) is 5.75 Å². The number of likely N-dealkylation sites (tertiary alicyclic amines) is 1. The van der Waals surface area contributed by atoms with Gasteiger partial charge in [-0.2, -0.15) is 5.10 Å². The zero-order chi connectivity index (χ0) is 17.8. The third-order valence-corrected chi connectivity index (χ3v) is 4.03. The van der Waals surface area contributed by atoms with Gasteiger partial charge < -0.3 is 14.1 Å². The smallest absolute Gasteiger partial charge is 0.339 e. The lowest BCUT2D eigenvalue weighted by Crippen LogP contribution is -2.44. The highest BCUT2D eigenvalue weighted by molar-refractivity contribution is 5.75. The standard InChI is InChI=1S/C17H19N3O5/c1-12-9-14(10-17(23)24-12)25-13-4-7-19(8-5-13)16(22)11-20-15(21)3-2-6-18-20/h2-3,6,9-10,13H,4-5,7-8,11H2,1H3. The molecule has 0 unspecified atom stereocenters. The summed E-state index contributed by atoms with van der Waals surface area (Å²) in [5, 5.41) is 3.89.